The molecular formula is C25H26ClN3O9S2. The number of thioether (sulfide) groups is 1. The van der Waals surface area contributed by atoms with Crippen LogP contribution in [0.5, 0.6) is 0 Å². The van der Waals surface area contributed by atoms with Crippen LogP contribution in [0.25, 0.3) is 20.8 Å². The molecule has 1 saturated heterocycles. The molecule has 12 nitrogen and oxygen atoms in total. The van der Waals surface area contributed by atoms with Crippen LogP contribution in [0.1, 0.15) is 33.9 Å². The molecule has 0 unspecified atom stereocenters. The topological polar surface area (TPSA) is 145 Å². The fourth-order valence-electron chi connectivity index (χ4n) is 4.37. The van der Waals surface area contributed by atoms with Crippen molar-refractivity contribution in [3.8, 4) is 10.7 Å². The van der Waals surface area contributed by atoms with Crippen LogP contribution in [0.2, 0.25) is 5.02 Å². The van der Waals surface area contributed by atoms with Crippen molar-refractivity contribution in [1.29, 1.82) is 0 Å². The van der Waals surface area contributed by atoms with E-state index < -0.39 is 54.5 Å². The lowest BCUT2D eigenvalue weighted by atomic mass is 9.97. The number of ether oxygens (including phenoxy) is 5. The van der Waals surface area contributed by atoms with Gasteiger partial charge >= 0.3 is 23.9 Å². The monoisotopic (exact) mass is 611 g/mol. The van der Waals surface area contributed by atoms with Gasteiger partial charge in [-0.3, -0.25) is 23.7 Å². The molecule has 3 aromatic rings. The van der Waals surface area contributed by atoms with Crippen molar-refractivity contribution >= 4 is 68.7 Å². The fraction of sp³-hybridized carbons (Fsp3) is 0.440. The Morgan fingerprint density at radius 1 is 0.950 bits per heavy atom. The second kappa shape index (κ2) is 12.5. The normalized spacial score (nSPS) is 22.5. The molecule has 40 heavy (non-hydrogen) atoms. The van der Waals surface area contributed by atoms with E-state index in [0.717, 1.165) is 23.9 Å². The Kier molecular flexibility index (Phi) is 9.33. The molecule has 2 aromatic heterocycles. The highest BCUT2D eigenvalue weighted by atomic mass is 35.5. The summed E-state index contributed by atoms with van der Waals surface area (Å²) < 4.78 is 30.7. The van der Waals surface area contributed by atoms with Crippen molar-refractivity contribution in [2.24, 2.45) is 0 Å². The molecule has 3 heterocycles. The quantitative estimate of drug-likeness (QED) is 0.207. The molecule has 0 amide bonds. The first kappa shape index (κ1) is 29.8. The Bertz CT molecular complexity index is 1440. The van der Waals surface area contributed by atoms with Gasteiger partial charge in [0.2, 0.25) is 0 Å². The molecule has 0 spiro atoms. The average molecular weight is 612 g/mol. The highest BCUT2D eigenvalue weighted by Gasteiger charge is 2.54. The average Bonchev–Trinajstić information content (AvgIpc) is 3.45. The molecule has 1 aliphatic rings. The number of halogens is 1. The predicted octanol–water partition coefficient (Wildman–Crippen LogP) is 3.79. The molecule has 214 valence electrons. The molecule has 0 radical (unpaired) electrons. The van der Waals surface area contributed by atoms with E-state index >= 15 is 0 Å². The third-order valence-electron chi connectivity index (χ3n) is 5.81. The van der Waals surface area contributed by atoms with E-state index in [1.165, 1.54) is 36.9 Å². The van der Waals surface area contributed by atoms with E-state index in [9.17, 15) is 19.2 Å². The lowest BCUT2D eigenvalue weighted by Crippen LogP contribution is -2.60. The highest BCUT2D eigenvalue weighted by molar-refractivity contribution is 7.98. The summed E-state index contributed by atoms with van der Waals surface area (Å²) in [5, 5.41) is 10.3. The number of fused-ring (bicyclic) bond motifs is 1. The lowest BCUT2D eigenvalue weighted by molar-refractivity contribution is -0.269. The van der Waals surface area contributed by atoms with Crippen LogP contribution in [-0.2, 0) is 42.9 Å². The van der Waals surface area contributed by atoms with E-state index in [1.807, 2.05) is 24.3 Å². The zero-order valence-corrected chi connectivity index (χ0v) is 24.5. The van der Waals surface area contributed by atoms with Gasteiger partial charge in [0.25, 0.3) is 0 Å². The van der Waals surface area contributed by atoms with Gasteiger partial charge in [-0.05, 0) is 12.3 Å². The summed E-state index contributed by atoms with van der Waals surface area (Å²) in [6.45, 7) is 4.35. The molecule has 1 aliphatic heterocycles. The Morgan fingerprint density at radius 3 is 2.17 bits per heavy atom. The van der Waals surface area contributed by atoms with Crippen LogP contribution in [0, 0.1) is 0 Å². The number of thiophene rings is 1. The summed E-state index contributed by atoms with van der Waals surface area (Å²) in [6, 6.07) is 7.54. The van der Waals surface area contributed by atoms with E-state index in [4.69, 9.17) is 35.3 Å². The number of rotatable bonds is 8. The van der Waals surface area contributed by atoms with Crippen molar-refractivity contribution in [3.05, 3.63) is 29.3 Å². The standard InChI is InChI=1S/C25H26ClN3O9S2/c1-11(30)34-10-16-19(35-12(2)31)20(36-13(3)32)21(37-14(4)33)24(38-16)29-23(27-28-25(29)39-5)22-18(26)15-8-6-7-9-17(15)40-22/h6-9,16,19-21,24H,10H2,1-5H3/t16-,19-,20+,21-,24-/m1/s1. The number of hydrogen-bond acceptors (Lipinski definition) is 13. The Balaban J connectivity index is 1.91. The number of aromatic nitrogens is 3. The minimum Gasteiger partial charge on any atom is -0.463 e. The summed E-state index contributed by atoms with van der Waals surface area (Å²) >= 11 is 9.39. The van der Waals surface area contributed by atoms with Gasteiger partial charge < -0.3 is 23.7 Å². The van der Waals surface area contributed by atoms with E-state index in [1.54, 1.807) is 10.8 Å². The Morgan fingerprint density at radius 2 is 1.57 bits per heavy atom. The van der Waals surface area contributed by atoms with Crippen LogP contribution in [0.15, 0.2) is 29.4 Å². The SMILES string of the molecule is CSc1nnc(-c2sc3ccccc3c2Cl)n1[C@@H]1O[C@H](COC(C)=O)[C@@H](OC(C)=O)[C@H](OC(C)=O)[C@H]1OC(C)=O. The smallest absolute Gasteiger partial charge is 0.303 e. The number of benzene rings is 1. The van der Waals surface area contributed by atoms with Gasteiger partial charge in [0.1, 0.15) is 12.7 Å². The summed E-state index contributed by atoms with van der Waals surface area (Å²) in [5.74, 6) is -2.47. The van der Waals surface area contributed by atoms with Crippen LogP contribution in [0.3, 0.4) is 0 Å². The van der Waals surface area contributed by atoms with E-state index in [-0.39, 0.29) is 6.61 Å². The number of nitrogens with zero attached hydrogens (tertiary/aromatic N) is 3. The van der Waals surface area contributed by atoms with Crippen LogP contribution >= 0.6 is 34.7 Å². The van der Waals surface area contributed by atoms with Crippen molar-refractivity contribution in [3.63, 3.8) is 0 Å². The fourth-order valence-corrected chi connectivity index (χ4v) is 6.38. The summed E-state index contributed by atoms with van der Waals surface area (Å²) in [7, 11) is 0. The van der Waals surface area contributed by atoms with Gasteiger partial charge in [0, 0.05) is 37.8 Å². The second-order valence-corrected chi connectivity index (χ2v) is 10.9. The minimum atomic E-state index is -1.34. The van der Waals surface area contributed by atoms with Gasteiger partial charge in [-0.25, -0.2) is 0 Å². The lowest BCUT2D eigenvalue weighted by Gasteiger charge is -2.44. The zero-order valence-electron chi connectivity index (χ0n) is 22.1. The van der Waals surface area contributed by atoms with Crippen molar-refractivity contribution in [2.75, 3.05) is 12.9 Å². The number of esters is 4. The number of carbonyl (C=O) groups is 4. The molecule has 1 fully saturated rings. The minimum absolute atomic E-state index is 0.302. The molecule has 0 bridgehead atoms. The van der Waals surface area contributed by atoms with Crippen molar-refractivity contribution in [1.82, 2.24) is 14.8 Å². The summed E-state index contributed by atoms with van der Waals surface area (Å²) in [5.41, 5.74) is 0. The maximum absolute atomic E-state index is 12.3. The predicted molar refractivity (Wildman–Crippen MR) is 145 cm³/mol. The first-order valence-electron chi connectivity index (χ1n) is 12.0. The van der Waals surface area contributed by atoms with Gasteiger partial charge in [0.15, 0.2) is 35.5 Å². The van der Waals surface area contributed by atoms with E-state index in [2.05, 4.69) is 10.2 Å². The zero-order chi connectivity index (χ0) is 29.1. The maximum atomic E-state index is 12.3. The molecule has 5 atom stereocenters. The molecule has 1 aromatic carbocycles. The Labute approximate surface area is 242 Å². The van der Waals surface area contributed by atoms with Gasteiger partial charge in [-0.1, -0.05) is 41.6 Å². The van der Waals surface area contributed by atoms with Gasteiger partial charge in [-0.2, -0.15) is 0 Å². The third-order valence-corrected chi connectivity index (χ3v) is 8.12. The summed E-state index contributed by atoms with van der Waals surface area (Å²) in [6.07, 6.45) is -4.53. The van der Waals surface area contributed by atoms with Crippen molar-refractivity contribution < 1.29 is 42.9 Å². The molecule has 15 heteroatoms. The van der Waals surface area contributed by atoms with Gasteiger partial charge in [-0.15, -0.1) is 21.5 Å². The number of carbonyl (C=O) groups excluding carboxylic acids is 4. The number of hydrogen-bond donors (Lipinski definition) is 0. The molecule has 0 aliphatic carbocycles. The van der Waals surface area contributed by atoms with Crippen molar-refractivity contribution in [2.45, 2.75) is 63.5 Å². The van der Waals surface area contributed by atoms with Crippen LogP contribution in [0.4, 0.5) is 0 Å². The molecule has 0 saturated carbocycles. The van der Waals surface area contributed by atoms with Crippen LogP contribution < -0.4 is 0 Å². The molecule has 4 rings (SSSR count). The summed E-state index contributed by atoms with van der Waals surface area (Å²) in [4.78, 5) is 48.8. The molecule has 0 N–H and O–H groups in total. The highest BCUT2D eigenvalue weighted by Crippen LogP contribution is 2.45. The largest absolute Gasteiger partial charge is 0.463 e. The molecular weight excluding hydrogens is 586 g/mol. The van der Waals surface area contributed by atoms with Crippen LogP contribution in [-0.4, -0.2) is 75.9 Å². The first-order valence-corrected chi connectivity index (χ1v) is 14.4. The van der Waals surface area contributed by atoms with Gasteiger partial charge in [0.05, 0.1) is 9.90 Å². The Hall–Kier alpha value is -3.20. The first-order chi connectivity index (χ1) is 19.0. The second-order valence-electron chi connectivity index (χ2n) is 8.71. The third kappa shape index (κ3) is 6.24. The van der Waals surface area contributed by atoms with E-state index in [0.29, 0.717) is 20.9 Å². The maximum Gasteiger partial charge on any atom is 0.303 e.